The van der Waals surface area contributed by atoms with Crippen molar-refractivity contribution in [3.05, 3.63) is 34.9 Å². The molecule has 0 aromatic heterocycles. The molecule has 4 rings (SSSR count). The second kappa shape index (κ2) is 6.33. The summed E-state index contributed by atoms with van der Waals surface area (Å²) in [5, 5.41) is 6.98. The van der Waals surface area contributed by atoms with E-state index in [-0.39, 0.29) is 18.1 Å². The highest BCUT2D eigenvalue weighted by molar-refractivity contribution is 6.30. The number of rotatable bonds is 4. The third-order valence-corrected chi connectivity index (χ3v) is 5.42. The van der Waals surface area contributed by atoms with Crippen LogP contribution in [0.25, 0.3) is 0 Å². The van der Waals surface area contributed by atoms with Gasteiger partial charge in [-0.2, -0.15) is 0 Å². The van der Waals surface area contributed by atoms with Crippen LogP contribution in [0.15, 0.2) is 24.3 Å². The monoisotopic (exact) mass is 334 g/mol. The number of carbonyl (C=O) groups is 1. The average molecular weight is 335 g/mol. The van der Waals surface area contributed by atoms with Crippen molar-refractivity contribution < 1.29 is 9.53 Å². The number of halogens is 1. The lowest BCUT2D eigenvalue weighted by atomic mass is 10.0. The van der Waals surface area contributed by atoms with Gasteiger partial charge in [-0.25, -0.2) is 4.79 Å². The molecule has 2 saturated carbocycles. The Morgan fingerprint density at radius 1 is 1.17 bits per heavy atom. The summed E-state index contributed by atoms with van der Waals surface area (Å²) in [6, 6.07) is 8.35. The van der Waals surface area contributed by atoms with Crippen molar-refractivity contribution in [1.29, 1.82) is 0 Å². The van der Waals surface area contributed by atoms with Gasteiger partial charge >= 0.3 is 6.03 Å². The summed E-state index contributed by atoms with van der Waals surface area (Å²) in [5.74, 6) is 1.13. The Labute approximate surface area is 141 Å². The molecule has 2 N–H and O–H groups in total. The van der Waals surface area contributed by atoms with Gasteiger partial charge < -0.3 is 15.4 Å². The predicted octanol–water partition coefficient (Wildman–Crippen LogP) is 3.45. The van der Waals surface area contributed by atoms with Crippen LogP contribution >= 0.6 is 11.6 Å². The summed E-state index contributed by atoms with van der Waals surface area (Å²) in [7, 11) is 0. The van der Waals surface area contributed by atoms with Gasteiger partial charge in [0.2, 0.25) is 0 Å². The fourth-order valence-electron chi connectivity index (χ4n) is 3.61. The van der Waals surface area contributed by atoms with Crippen LogP contribution in [0.5, 0.6) is 0 Å². The molecule has 1 aliphatic heterocycles. The summed E-state index contributed by atoms with van der Waals surface area (Å²) in [6.45, 7) is 0.765. The Bertz CT molecular complexity index is 590. The molecule has 3 fully saturated rings. The zero-order valence-corrected chi connectivity index (χ0v) is 13.9. The minimum absolute atomic E-state index is 0.0408. The van der Waals surface area contributed by atoms with Gasteiger partial charge in [0.15, 0.2) is 0 Å². The molecule has 4 nitrogen and oxygen atoms in total. The molecule has 4 atom stereocenters. The molecule has 23 heavy (non-hydrogen) atoms. The van der Waals surface area contributed by atoms with E-state index < -0.39 is 0 Å². The van der Waals surface area contributed by atoms with E-state index in [1.54, 1.807) is 0 Å². The Morgan fingerprint density at radius 3 is 2.83 bits per heavy atom. The van der Waals surface area contributed by atoms with Gasteiger partial charge in [-0.3, -0.25) is 0 Å². The van der Waals surface area contributed by atoms with Crippen LogP contribution in [-0.2, 0) is 4.74 Å². The molecule has 1 heterocycles. The number of hydrogen-bond donors (Lipinski definition) is 2. The highest BCUT2D eigenvalue weighted by Crippen LogP contribution is 2.41. The maximum Gasteiger partial charge on any atom is 0.315 e. The number of hydrogen-bond acceptors (Lipinski definition) is 2. The van der Waals surface area contributed by atoms with Crippen LogP contribution in [0.2, 0.25) is 5.02 Å². The van der Waals surface area contributed by atoms with Gasteiger partial charge in [0.05, 0.1) is 6.10 Å². The molecule has 3 aliphatic rings. The summed E-state index contributed by atoms with van der Waals surface area (Å²) in [6.07, 6.45) is 5.79. The van der Waals surface area contributed by atoms with Crippen LogP contribution in [0.3, 0.4) is 0 Å². The van der Waals surface area contributed by atoms with E-state index in [4.69, 9.17) is 16.3 Å². The topological polar surface area (TPSA) is 50.4 Å². The molecule has 0 radical (unpaired) electrons. The van der Waals surface area contributed by atoms with Crippen molar-refractivity contribution in [1.82, 2.24) is 10.6 Å². The smallest absolute Gasteiger partial charge is 0.315 e. The second-order valence-corrected chi connectivity index (χ2v) is 7.53. The molecular weight excluding hydrogens is 312 g/mol. The molecule has 2 aliphatic carbocycles. The van der Waals surface area contributed by atoms with Gasteiger partial charge in [0.1, 0.15) is 0 Å². The first-order valence-corrected chi connectivity index (χ1v) is 9.01. The van der Waals surface area contributed by atoms with Crippen LogP contribution in [0.1, 0.15) is 43.6 Å². The summed E-state index contributed by atoms with van der Waals surface area (Å²) >= 11 is 6.03. The van der Waals surface area contributed by atoms with Crippen LogP contribution in [-0.4, -0.2) is 30.8 Å². The van der Waals surface area contributed by atoms with Crippen LogP contribution in [0.4, 0.5) is 4.79 Å². The van der Waals surface area contributed by atoms with E-state index >= 15 is 0 Å². The molecule has 2 amide bonds. The van der Waals surface area contributed by atoms with E-state index in [0.29, 0.717) is 12.0 Å². The highest BCUT2D eigenvalue weighted by atomic mass is 35.5. The number of nitrogens with one attached hydrogen (secondary N) is 2. The number of carbonyl (C=O) groups excluding carboxylic acids is 1. The SMILES string of the molecule is O=C(NC1CCOC(C2CC2)C1)NC1CC1c1cccc(Cl)c1. The van der Waals surface area contributed by atoms with Crippen molar-refractivity contribution in [2.45, 2.75) is 56.2 Å². The standard InChI is InChI=1S/C18H23ClN2O2/c19-13-3-1-2-12(8-13)15-10-16(15)21-18(22)20-14-6-7-23-17(9-14)11-4-5-11/h1-3,8,11,14-17H,4-7,9-10H2,(H2,20,21,22). The molecule has 4 unspecified atom stereocenters. The molecular formula is C18H23ClN2O2. The zero-order valence-electron chi connectivity index (χ0n) is 13.1. The lowest BCUT2D eigenvalue weighted by Gasteiger charge is -2.30. The van der Waals surface area contributed by atoms with Crippen molar-refractivity contribution in [2.75, 3.05) is 6.61 Å². The molecule has 1 saturated heterocycles. The van der Waals surface area contributed by atoms with E-state index in [1.165, 1.54) is 18.4 Å². The number of amides is 2. The number of urea groups is 1. The van der Waals surface area contributed by atoms with Crippen molar-refractivity contribution in [2.24, 2.45) is 5.92 Å². The van der Waals surface area contributed by atoms with Crippen LogP contribution in [0, 0.1) is 5.92 Å². The molecule has 1 aromatic carbocycles. The van der Waals surface area contributed by atoms with Gasteiger partial charge in [-0.15, -0.1) is 0 Å². The lowest BCUT2D eigenvalue weighted by Crippen LogP contribution is -2.47. The molecule has 0 bridgehead atoms. The molecule has 124 valence electrons. The average Bonchev–Trinajstić information content (AvgIpc) is 3.42. The maximum absolute atomic E-state index is 12.2. The third-order valence-electron chi connectivity index (χ3n) is 5.18. The summed E-state index contributed by atoms with van der Waals surface area (Å²) in [4.78, 5) is 12.2. The molecule has 0 spiro atoms. The Hall–Kier alpha value is -1.26. The van der Waals surface area contributed by atoms with E-state index in [2.05, 4.69) is 16.7 Å². The largest absolute Gasteiger partial charge is 0.378 e. The van der Waals surface area contributed by atoms with Crippen molar-refractivity contribution in [3.63, 3.8) is 0 Å². The zero-order chi connectivity index (χ0) is 15.8. The van der Waals surface area contributed by atoms with Crippen molar-refractivity contribution in [3.8, 4) is 0 Å². The fourth-order valence-corrected chi connectivity index (χ4v) is 3.81. The predicted molar refractivity (Wildman–Crippen MR) is 89.8 cm³/mol. The normalized spacial score (nSPS) is 33.1. The Morgan fingerprint density at radius 2 is 2.04 bits per heavy atom. The molecule has 5 heteroatoms. The minimum atomic E-state index is -0.0408. The number of benzene rings is 1. The first-order valence-electron chi connectivity index (χ1n) is 8.63. The summed E-state index contributed by atoms with van der Waals surface area (Å²) < 4.78 is 5.81. The van der Waals surface area contributed by atoms with E-state index in [0.717, 1.165) is 36.8 Å². The minimum Gasteiger partial charge on any atom is -0.378 e. The van der Waals surface area contributed by atoms with E-state index in [9.17, 15) is 4.79 Å². The quantitative estimate of drug-likeness (QED) is 0.886. The molecule has 1 aromatic rings. The Kier molecular flexibility index (Phi) is 4.20. The first kappa shape index (κ1) is 15.3. The lowest BCUT2D eigenvalue weighted by molar-refractivity contribution is -0.00914. The van der Waals surface area contributed by atoms with Gasteiger partial charge in [0.25, 0.3) is 0 Å². The second-order valence-electron chi connectivity index (χ2n) is 7.09. The third kappa shape index (κ3) is 3.81. The maximum atomic E-state index is 12.2. The van der Waals surface area contributed by atoms with E-state index in [1.807, 2.05) is 18.2 Å². The van der Waals surface area contributed by atoms with Gasteiger partial charge in [-0.05, 0) is 55.7 Å². The van der Waals surface area contributed by atoms with Crippen molar-refractivity contribution >= 4 is 17.6 Å². The fraction of sp³-hybridized carbons (Fsp3) is 0.611. The van der Waals surface area contributed by atoms with Gasteiger partial charge in [-0.1, -0.05) is 23.7 Å². The Balaban J connectivity index is 1.24. The summed E-state index contributed by atoms with van der Waals surface area (Å²) in [5.41, 5.74) is 1.21. The van der Waals surface area contributed by atoms with Crippen LogP contribution < -0.4 is 10.6 Å². The first-order chi connectivity index (χ1) is 11.2. The van der Waals surface area contributed by atoms with Gasteiger partial charge in [0, 0.05) is 29.6 Å². The number of ether oxygens (including phenoxy) is 1. The highest BCUT2D eigenvalue weighted by Gasteiger charge is 2.40.